The number of esters is 1. The summed E-state index contributed by atoms with van der Waals surface area (Å²) in [5.74, 6) is -0.518. The summed E-state index contributed by atoms with van der Waals surface area (Å²) in [7, 11) is 5.58. The average molecular weight is 378 g/mol. The predicted molar refractivity (Wildman–Crippen MR) is 96.0 cm³/mol. The molecule has 8 nitrogen and oxygen atoms in total. The fraction of sp³-hybridized carbons (Fsp3) is 0.368. The van der Waals surface area contributed by atoms with Gasteiger partial charge in [-0.25, -0.2) is 4.79 Å². The van der Waals surface area contributed by atoms with Crippen LogP contribution in [0.4, 0.5) is 0 Å². The van der Waals surface area contributed by atoms with Crippen LogP contribution in [-0.2, 0) is 9.53 Å². The minimum absolute atomic E-state index is 0.0727. The molecule has 1 N–H and O–H groups in total. The maximum Gasteiger partial charge on any atom is 0.343 e. The molecule has 0 fully saturated rings. The van der Waals surface area contributed by atoms with Crippen molar-refractivity contribution < 1.29 is 33.3 Å². The van der Waals surface area contributed by atoms with E-state index in [4.69, 9.17) is 23.4 Å². The molecule has 0 amide bonds. The molecule has 8 heteroatoms. The van der Waals surface area contributed by atoms with Crippen molar-refractivity contribution in [2.75, 3.05) is 28.4 Å². The van der Waals surface area contributed by atoms with Crippen molar-refractivity contribution in [1.29, 1.82) is 0 Å². The predicted octanol–water partition coefficient (Wildman–Crippen LogP) is 2.37. The van der Waals surface area contributed by atoms with E-state index in [0.717, 1.165) is 0 Å². The molecule has 0 spiro atoms. The number of hydrogen-bond acceptors (Lipinski definition) is 8. The Hall–Kier alpha value is -3.16. The highest BCUT2D eigenvalue weighted by atomic mass is 16.5. The van der Waals surface area contributed by atoms with Crippen LogP contribution in [0.15, 0.2) is 27.4 Å². The first-order chi connectivity index (χ1) is 12.9. The summed E-state index contributed by atoms with van der Waals surface area (Å²) in [4.78, 5) is 24.4. The van der Waals surface area contributed by atoms with Gasteiger partial charge in [-0.3, -0.25) is 4.79 Å². The maximum atomic E-state index is 12.4. The lowest BCUT2D eigenvalue weighted by Crippen LogP contribution is -2.19. The molecule has 1 aromatic carbocycles. The summed E-state index contributed by atoms with van der Waals surface area (Å²) < 4.78 is 26.0. The van der Waals surface area contributed by atoms with Crippen LogP contribution in [-0.4, -0.2) is 39.5 Å². The van der Waals surface area contributed by atoms with Gasteiger partial charge in [-0.2, -0.15) is 0 Å². The van der Waals surface area contributed by atoms with Crippen LogP contribution in [0.2, 0.25) is 0 Å². The summed E-state index contributed by atoms with van der Waals surface area (Å²) >= 11 is 0. The van der Waals surface area contributed by atoms with Gasteiger partial charge in [0, 0.05) is 17.5 Å². The number of carbonyl (C=O) groups is 1. The Morgan fingerprint density at radius 2 is 1.78 bits per heavy atom. The molecule has 0 aliphatic rings. The number of ether oxygens (including phenoxy) is 4. The monoisotopic (exact) mass is 378 g/mol. The van der Waals surface area contributed by atoms with Gasteiger partial charge in [-0.05, 0) is 13.0 Å². The van der Waals surface area contributed by atoms with Crippen LogP contribution in [0.3, 0.4) is 0 Å². The molecule has 0 bridgehead atoms. The maximum absolute atomic E-state index is 12.4. The smallest absolute Gasteiger partial charge is 0.343 e. The van der Waals surface area contributed by atoms with Gasteiger partial charge in [0.25, 0.3) is 0 Å². The van der Waals surface area contributed by atoms with Crippen LogP contribution in [0.25, 0.3) is 0 Å². The Bertz CT molecular complexity index is 884. The largest absolute Gasteiger partial charge is 0.507 e. The zero-order valence-electron chi connectivity index (χ0n) is 15.8. The topological polar surface area (TPSA) is 104 Å². The van der Waals surface area contributed by atoms with Gasteiger partial charge < -0.3 is 28.5 Å². The molecule has 0 aliphatic heterocycles. The van der Waals surface area contributed by atoms with E-state index in [-0.39, 0.29) is 29.2 Å². The number of aromatic hydroxyl groups is 1. The molecule has 0 saturated heterocycles. The van der Waals surface area contributed by atoms with Crippen LogP contribution < -0.4 is 19.8 Å². The van der Waals surface area contributed by atoms with Gasteiger partial charge in [0.1, 0.15) is 11.5 Å². The minimum atomic E-state index is -0.885. The highest BCUT2D eigenvalue weighted by molar-refractivity contribution is 5.72. The van der Waals surface area contributed by atoms with E-state index in [9.17, 15) is 14.7 Å². The molecule has 2 aromatic rings. The quantitative estimate of drug-likeness (QED) is 0.732. The van der Waals surface area contributed by atoms with E-state index in [1.54, 1.807) is 12.1 Å². The van der Waals surface area contributed by atoms with Crippen LogP contribution in [0, 0.1) is 6.92 Å². The van der Waals surface area contributed by atoms with Crippen molar-refractivity contribution in [1.82, 2.24) is 0 Å². The van der Waals surface area contributed by atoms with Gasteiger partial charge in [0.15, 0.2) is 11.5 Å². The first-order valence-corrected chi connectivity index (χ1v) is 8.07. The van der Waals surface area contributed by atoms with E-state index in [0.29, 0.717) is 17.1 Å². The molecular formula is C19H22O8. The van der Waals surface area contributed by atoms with Gasteiger partial charge in [-0.15, -0.1) is 0 Å². The fourth-order valence-electron chi connectivity index (χ4n) is 2.94. The molecule has 0 saturated carbocycles. The average Bonchev–Trinajstić information content (AvgIpc) is 2.64. The molecule has 146 valence electrons. The molecule has 1 atom stereocenters. The standard InChI is InChI=1S/C19H22O8/c1-10-8-13(20)16(19(22)27-10)12(9-15(21)24-3)11-6-7-14(23-2)18(26-5)17(11)25-4/h6-8,12,20H,9H2,1-5H3/t12-/m1/s1. The number of carbonyl (C=O) groups excluding carboxylic acids is 1. The lowest BCUT2D eigenvalue weighted by Gasteiger charge is -2.22. The zero-order chi connectivity index (χ0) is 20.1. The minimum Gasteiger partial charge on any atom is -0.507 e. The third kappa shape index (κ3) is 3.99. The first kappa shape index (κ1) is 20.2. The molecule has 0 radical (unpaired) electrons. The Morgan fingerprint density at radius 3 is 2.30 bits per heavy atom. The lowest BCUT2D eigenvalue weighted by atomic mass is 9.87. The van der Waals surface area contributed by atoms with E-state index in [1.807, 2.05) is 0 Å². The molecule has 2 rings (SSSR count). The van der Waals surface area contributed by atoms with E-state index in [1.165, 1.54) is 41.4 Å². The van der Waals surface area contributed by atoms with Crippen LogP contribution in [0.5, 0.6) is 23.0 Å². The van der Waals surface area contributed by atoms with Crippen molar-refractivity contribution in [3.8, 4) is 23.0 Å². The number of hydrogen-bond donors (Lipinski definition) is 1. The fourth-order valence-corrected chi connectivity index (χ4v) is 2.94. The molecular weight excluding hydrogens is 356 g/mol. The van der Waals surface area contributed by atoms with Crippen molar-refractivity contribution in [2.24, 2.45) is 0 Å². The summed E-state index contributed by atoms with van der Waals surface area (Å²) in [6.45, 7) is 1.54. The van der Waals surface area contributed by atoms with Crippen molar-refractivity contribution in [3.63, 3.8) is 0 Å². The number of methoxy groups -OCH3 is 4. The SMILES string of the molecule is COC(=O)C[C@H](c1ccc(OC)c(OC)c1OC)c1c(O)cc(C)oc1=O. The molecule has 27 heavy (non-hydrogen) atoms. The van der Waals surface area contributed by atoms with Gasteiger partial charge in [-0.1, -0.05) is 6.07 Å². The van der Waals surface area contributed by atoms with Gasteiger partial charge in [0.05, 0.1) is 40.4 Å². The Kier molecular flexibility index (Phi) is 6.33. The summed E-state index contributed by atoms with van der Waals surface area (Å²) in [6.07, 6.45) is -0.219. The summed E-state index contributed by atoms with van der Waals surface area (Å²) in [6, 6.07) is 4.56. The molecule has 0 unspecified atom stereocenters. The third-order valence-corrected chi connectivity index (χ3v) is 4.15. The Morgan fingerprint density at radius 1 is 1.11 bits per heavy atom. The highest BCUT2D eigenvalue weighted by Gasteiger charge is 2.30. The van der Waals surface area contributed by atoms with Gasteiger partial charge in [0.2, 0.25) is 5.75 Å². The van der Waals surface area contributed by atoms with Crippen molar-refractivity contribution >= 4 is 5.97 Å². The number of rotatable bonds is 7. The summed E-state index contributed by atoms with van der Waals surface area (Å²) in [5, 5.41) is 10.4. The zero-order valence-corrected chi connectivity index (χ0v) is 15.8. The highest BCUT2D eigenvalue weighted by Crippen LogP contribution is 2.45. The summed E-state index contributed by atoms with van der Waals surface area (Å²) in [5.41, 5.74) is -0.387. The van der Waals surface area contributed by atoms with Crippen LogP contribution in [0.1, 0.15) is 29.2 Å². The second kappa shape index (κ2) is 8.48. The van der Waals surface area contributed by atoms with Gasteiger partial charge >= 0.3 is 11.6 Å². The van der Waals surface area contributed by atoms with Crippen LogP contribution >= 0.6 is 0 Å². The molecule has 1 heterocycles. The lowest BCUT2D eigenvalue weighted by molar-refractivity contribution is -0.140. The second-order valence-corrected chi connectivity index (χ2v) is 5.70. The first-order valence-electron chi connectivity index (χ1n) is 8.07. The number of aryl methyl sites for hydroxylation is 1. The third-order valence-electron chi connectivity index (χ3n) is 4.15. The second-order valence-electron chi connectivity index (χ2n) is 5.70. The molecule has 0 aliphatic carbocycles. The molecule has 1 aromatic heterocycles. The number of benzene rings is 1. The Labute approximate surface area is 156 Å². The van der Waals surface area contributed by atoms with Crippen molar-refractivity contribution in [2.45, 2.75) is 19.3 Å². The van der Waals surface area contributed by atoms with E-state index >= 15 is 0 Å². The van der Waals surface area contributed by atoms with E-state index in [2.05, 4.69) is 0 Å². The van der Waals surface area contributed by atoms with Crippen molar-refractivity contribution in [3.05, 3.63) is 45.5 Å². The Balaban J connectivity index is 2.77. The van der Waals surface area contributed by atoms with E-state index < -0.39 is 17.5 Å². The normalized spacial score (nSPS) is 11.6.